The van der Waals surface area contributed by atoms with Crippen LogP contribution in [0.25, 0.3) is 0 Å². The zero-order valence-corrected chi connectivity index (χ0v) is 8.75. The molecule has 0 aliphatic heterocycles. The number of allylic oxidation sites excluding steroid dienone is 2. The Labute approximate surface area is 81.2 Å². The van der Waals surface area contributed by atoms with Crippen molar-refractivity contribution in [1.82, 2.24) is 0 Å². The molecular weight excluding hydrogens is 162 g/mol. The Morgan fingerprint density at radius 3 is 2.15 bits per heavy atom. The zero-order valence-electron chi connectivity index (χ0n) is 8.75. The van der Waals surface area contributed by atoms with Gasteiger partial charge in [-0.15, -0.1) is 0 Å². The van der Waals surface area contributed by atoms with Crippen LogP contribution in [0.2, 0.25) is 0 Å². The first kappa shape index (κ1) is 12.2. The SMILES string of the molecule is CCC1(CC)CC=CCC1.NC=O. The molecule has 1 amide bonds. The molecule has 0 saturated carbocycles. The van der Waals surface area contributed by atoms with Crippen LogP contribution >= 0.6 is 0 Å². The summed E-state index contributed by atoms with van der Waals surface area (Å²) < 4.78 is 0. The molecule has 0 saturated heterocycles. The minimum atomic E-state index is 0.250. The molecule has 0 heterocycles. The smallest absolute Gasteiger partial charge is 0.204 e. The fourth-order valence-corrected chi connectivity index (χ4v) is 1.83. The number of carbonyl (C=O) groups is 1. The number of carbonyl (C=O) groups excluding carboxylic acids is 1. The van der Waals surface area contributed by atoms with Gasteiger partial charge in [-0.05, 0) is 24.7 Å². The van der Waals surface area contributed by atoms with E-state index in [1.165, 1.54) is 32.1 Å². The number of rotatable bonds is 2. The number of primary amides is 1. The highest BCUT2D eigenvalue weighted by Gasteiger charge is 2.25. The molecular formula is C11H21NO. The molecule has 0 fully saturated rings. The van der Waals surface area contributed by atoms with Crippen LogP contribution in [0.1, 0.15) is 46.0 Å². The average Bonchev–Trinajstić information content (AvgIpc) is 2.20. The summed E-state index contributed by atoms with van der Waals surface area (Å²) in [7, 11) is 0. The number of hydrogen-bond donors (Lipinski definition) is 1. The minimum absolute atomic E-state index is 0.250. The van der Waals surface area contributed by atoms with Crippen molar-refractivity contribution >= 4 is 6.41 Å². The van der Waals surface area contributed by atoms with E-state index in [0.717, 1.165) is 0 Å². The van der Waals surface area contributed by atoms with Crippen LogP contribution in [0.4, 0.5) is 0 Å². The van der Waals surface area contributed by atoms with Gasteiger partial charge in [-0.1, -0.05) is 38.8 Å². The van der Waals surface area contributed by atoms with Gasteiger partial charge >= 0.3 is 0 Å². The number of hydrogen-bond acceptors (Lipinski definition) is 1. The fourth-order valence-electron chi connectivity index (χ4n) is 1.83. The molecule has 0 aromatic carbocycles. The van der Waals surface area contributed by atoms with E-state index in [2.05, 4.69) is 31.7 Å². The molecule has 13 heavy (non-hydrogen) atoms. The lowest BCUT2D eigenvalue weighted by Gasteiger charge is -2.32. The van der Waals surface area contributed by atoms with Crippen molar-refractivity contribution in [3.05, 3.63) is 12.2 Å². The van der Waals surface area contributed by atoms with Crippen molar-refractivity contribution in [3.63, 3.8) is 0 Å². The van der Waals surface area contributed by atoms with E-state index in [1.54, 1.807) is 0 Å². The lowest BCUT2D eigenvalue weighted by molar-refractivity contribution is -0.106. The molecule has 0 aromatic heterocycles. The summed E-state index contributed by atoms with van der Waals surface area (Å²) in [5.41, 5.74) is 4.84. The van der Waals surface area contributed by atoms with Crippen molar-refractivity contribution in [3.8, 4) is 0 Å². The highest BCUT2D eigenvalue weighted by Crippen LogP contribution is 2.38. The van der Waals surface area contributed by atoms with E-state index in [4.69, 9.17) is 4.79 Å². The van der Waals surface area contributed by atoms with Gasteiger partial charge in [-0.3, -0.25) is 4.79 Å². The standard InChI is InChI=1S/C10H18.CH3NO/c1-3-10(4-2)8-6-5-7-9-10;2-1-3/h5-6H,3-4,7-9H2,1-2H3;1H,(H2,2,3). The summed E-state index contributed by atoms with van der Waals surface area (Å²) in [6.07, 6.45) is 11.7. The third-order valence-electron chi connectivity index (χ3n) is 3.06. The van der Waals surface area contributed by atoms with Crippen LogP contribution in [-0.4, -0.2) is 6.41 Å². The van der Waals surface area contributed by atoms with Gasteiger partial charge < -0.3 is 5.73 Å². The first-order valence-electron chi connectivity index (χ1n) is 5.05. The molecule has 1 aliphatic carbocycles. The molecule has 0 atom stereocenters. The lowest BCUT2D eigenvalue weighted by Crippen LogP contribution is -2.19. The van der Waals surface area contributed by atoms with E-state index >= 15 is 0 Å². The van der Waals surface area contributed by atoms with Gasteiger partial charge in [0.05, 0.1) is 0 Å². The van der Waals surface area contributed by atoms with Gasteiger partial charge in [0.25, 0.3) is 0 Å². The molecule has 0 unspecified atom stereocenters. The van der Waals surface area contributed by atoms with Crippen molar-refractivity contribution < 1.29 is 4.79 Å². The van der Waals surface area contributed by atoms with E-state index in [9.17, 15) is 0 Å². The van der Waals surface area contributed by atoms with Gasteiger partial charge in [-0.25, -0.2) is 0 Å². The number of nitrogens with two attached hydrogens (primary N) is 1. The van der Waals surface area contributed by atoms with Gasteiger partial charge in [0.2, 0.25) is 6.41 Å². The molecule has 1 aliphatic rings. The molecule has 0 spiro atoms. The van der Waals surface area contributed by atoms with E-state index in [1.807, 2.05) is 0 Å². The Bertz CT molecular complexity index is 159. The second kappa shape index (κ2) is 6.70. The highest BCUT2D eigenvalue weighted by atomic mass is 16.1. The minimum Gasteiger partial charge on any atom is -0.372 e. The zero-order chi connectivity index (χ0) is 10.2. The third-order valence-corrected chi connectivity index (χ3v) is 3.06. The maximum absolute atomic E-state index is 8.58. The van der Waals surface area contributed by atoms with Crippen LogP contribution in [0.5, 0.6) is 0 Å². The molecule has 0 bridgehead atoms. The number of amides is 1. The quantitative estimate of drug-likeness (QED) is 0.519. The monoisotopic (exact) mass is 183 g/mol. The molecule has 0 aromatic rings. The summed E-state index contributed by atoms with van der Waals surface area (Å²) in [6, 6.07) is 0. The van der Waals surface area contributed by atoms with Crippen molar-refractivity contribution in [2.24, 2.45) is 11.1 Å². The van der Waals surface area contributed by atoms with E-state index in [0.29, 0.717) is 5.41 Å². The van der Waals surface area contributed by atoms with Crippen LogP contribution in [0.3, 0.4) is 0 Å². The van der Waals surface area contributed by atoms with Gasteiger partial charge in [0.15, 0.2) is 0 Å². The predicted molar refractivity (Wildman–Crippen MR) is 56.3 cm³/mol. The highest BCUT2D eigenvalue weighted by molar-refractivity contribution is 5.42. The fraction of sp³-hybridized carbons (Fsp3) is 0.727. The van der Waals surface area contributed by atoms with E-state index < -0.39 is 0 Å². The maximum Gasteiger partial charge on any atom is 0.204 e. The topological polar surface area (TPSA) is 43.1 Å². The summed E-state index contributed by atoms with van der Waals surface area (Å²) in [4.78, 5) is 8.58. The van der Waals surface area contributed by atoms with Crippen molar-refractivity contribution in [2.45, 2.75) is 46.0 Å². The van der Waals surface area contributed by atoms with E-state index in [-0.39, 0.29) is 6.41 Å². The summed E-state index contributed by atoms with van der Waals surface area (Å²) in [5.74, 6) is 0. The first-order valence-corrected chi connectivity index (χ1v) is 5.05. The Balaban J connectivity index is 0.000000424. The van der Waals surface area contributed by atoms with Crippen LogP contribution in [-0.2, 0) is 4.79 Å². The Kier molecular flexibility index (Phi) is 6.29. The van der Waals surface area contributed by atoms with Gasteiger partial charge in [0, 0.05) is 0 Å². The van der Waals surface area contributed by atoms with Crippen LogP contribution in [0.15, 0.2) is 12.2 Å². The average molecular weight is 183 g/mol. The summed E-state index contributed by atoms with van der Waals surface area (Å²) in [6.45, 7) is 4.64. The third kappa shape index (κ3) is 4.11. The molecule has 0 radical (unpaired) electrons. The molecule has 1 rings (SSSR count). The first-order chi connectivity index (χ1) is 6.24. The maximum atomic E-state index is 8.58. The molecule has 2 nitrogen and oxygen atoms in total. The second-order valence-corrected chi connectivity index (χ2v) is 3.56. The largest absolute Gasteiger partial charge is 0.372 e. The molecule has 2 N–H and O–H groups in total. The predicted octanol–water partition coefficient (Wildman–Crippen LogP) is 2.63. The Hall–Kier alpha value is -0.790. The second-order valence-electron chi connectivity index (χ2n) is 3.56. The van der Waals surface area contributed by atoms with Gasteiger partial charge in [0.1, 0.15) is 0 Å². The van der Waals surface area contributed by atoms with Crippen LogP contribution < -0.4 is 5.73 Å². The Morgan fingerprint density at radius 2 is 1.92 bits per heavy atom. The lowest BCUT2D eigenvalue weighted by atomic mass is 9.73. The summed E-state index contributed by atoms with van der Waals surface area (Å²) >= 11 is 0. The molecule has 76 valence electrons. The Morgan fingerprint density at radius 1 is 1.38 bits per heavy atom. The van der Waals surface area contributed by atoms with Crippen molar-refractivity contribution in [2.75, 3.05) is 0 Å². The van der Waals surface area contributed by atoms with Crippen molar-refractivity contribution in [1.29, 1.82) is 0 Å². The van der Waals surface area contributed by atoms with Crippen LogP contribution in [0, 0.1) is 5.41 Å². The molecule has 2 heteroatoms. The normalized spacial score (nSPS) is 18.6. The summed E-state index contributed by atoms with van der Waals surface area (Å²) in [5, 5.41) is 0. The van der Waals surface area contributed by atoms with Gasteiger partial charge in [-0.2, -0.15) is 0 Å².